The Morgan fingerprint density at radius 1 is 1.16 bits per heavy atom. The molecule has 0 aromatic heterocycles. The first kappa shape index (κ1) is 28.6. The Hall–Kier alpha value is -4.00. The van der Waals surface area contributed by atoms with Crippen molar-refractivity contribution < 1.29 is 32.7 Å². The number of benzene rings is 2. The van der Waals surface area contributed by atoms with Crippen molar-refractivity contribution in [2.45, 2.75) is 45.1 Å². The number of amides is 4. The number of nitrogens with one attached hydrogen (secondary N) is 4. The first-order valence-electron chi connectivity index (χ1n) is 12.0. The van der Waals surface area contributed by atoms with Crippen molar-refractivity contribution in [2.75, 3.05) is 30.7 Å². The molecule has 0 saturated carbocycles. The average molecular weight is 537 g/mol. The molecule has 1 fully saturated rings. The standard InChI is InChI=1S/C25H31F3N6O4/c1-14(2)31-24(38)33-20-9-15(3-6-21(20)35)12-34-8-7-17(13-34)32-22(36)11-30-23(37)18-10-16(25(26,27)28)4-5-19(18)29/h3-6,9-10,14,17,35H,7-8,11-13,29H2,1-2H3,(H,30,37)(H,32,36)(H2,31,33,38). The molecule has 10 nitrogen and oxygen atoms in total. The van der Waals surface area contributed by atoms with Gasteiger partial charge in [-0.15, -0.1) is 0 Å². The van der Waals surface area contributed by atoms with Gasteiger partial charge in [0.25, 0.3) is 5.91 Å². The minimum atomic E-state index is -4.63. The monoisotopic (exact) mass is 536 g/mol. The van der Waals surface area contributed by atoms with E-state index in [1.807, 2.05) is 13.8 Å². The Morgan fingerprint density at radius 2 is 1.89 bits per heavy atom. The van der Waals surface area contributed by atoms with Crippen molar-refractivity contribution >= 4 is 29.2 Å². The number of likely N-dealkylation sites (tertiary alicyclic amines) is 1. The Bertz CT molecular complexity index is 1190. The van der Waals surface area contributed by atoms with Gasteiger partial charge in [-0.2, -0.15) is 13.2 Å². The SMILES string of the molecule is CC(C)NC(=O)Nc1cc(CN2CCC(NC(=O)CNC(=O)c3cc(C(F)(F)F)ccc3N)C2)ccc1O. The molecule has 3 rings (SSSR count). The molecular formula is C25H31F3N6O4. The molecule has 2 aromatic carbocycles. The van der Waals surface area contributed by atoms with Crippen LogP contribution < -0.4 is 27.0 Å². The van der Waals surface area contributed by atoms with Crippen molar-refractivity contribution in [3.8, 4) is 5.75 Å². The number of urea groups is 1. The van der Waals surface area contributed by atoms with Crippen LogP contribution in [0.25, 0.3) is 0 Å². The zero-order chi connectivity index (χ0) is 28.0. The lowest BCUT2D eigenvalue weighted by molar-refractivity contribution is -0.137. The number of nitrogen functional groups attached to an aromatic ring is 1. The minimum Gasteiger partial charge on any atom is -0.506 e. The number of alkyl halides is 3. The number of carbonyl (C=O) groups is 3. The van der Waals surface area contributed by atoms with Crippen LogP contribution in [-0.2, 0) is 17.5 Å². The maximum absolute atomic E-state index is 12.9. The summed E-state index contributed by atoms with van der Waals surface area (Å²) in [6.45, 7) is 4.93. The van der Waals surface area contributed by atoms with Crippen molar-refractivity contribution in [3.63, 3.8) is 0 Å². The van der Waals surface area contributed by atoms with Gasteiger partial charge in [0.15, 0.2) is 0 Å². The van der Waals surface area contributed by atoms with E-state index in [0.717, 1.165) is 17.7 Å². The van der Waals surface area contributed by atoms with Crippen LogP contribution >= 0.6 is 0 Å². The van der Waals surface area contributed by atoms with E-state index in [2.05, 4.69) is 26.2 Å². The van der Waals surface area contributed by atoms with E-state index >= 15 is 0 Å². The average Bonchev–Trinajstić information content (AvgIpc) is 3.25. The van der Waals surface area contributed by atoms with Crippen molar-refractivity contribution in [3.05, 3.63) is 53.1 Å². The van der Waals surface area contributed by atoms with E-state index in [-0.39, 0.29) is 34.8 Å². The fraction of sp³-hybridized carbons (Fsp3) is 0.400. The largest absolute Gasteiger partial charge is 0.506 e. The summed E-state index contributed by atoms with van der Waals surface area (Å²) in [5.74, 6) is -1.42. The fourth-order valence-electron chi connectivity index (χ4n) is 4.02. The van der Waals surface area contributed by atoms with Crippen LogP contribution in [0.5, 0.6) is 5.75 Å². The predicted molar refractivity (Wildman–Crippen MR) is 135 cm³/mol. The second kappa shape index (κ2) is 12.0. The number of phenols is 1. The van der Waals surface area contributed by atoms with Crippen molar-refractivity contribution in [2.24, 2.45) is 0 Å². The maximum atomic E-state index is 12.9. The molecule has 13 heteroatoms. The van der Waals surface area contributed by atoms with Crippen LogP contribution in [0.1, 0.15) is 41.8 Å². The first-order chi connectivity index (χ1) is 17.8. The summed E-state index contributed by atoms with van der Waals surface area (Å²) >= 11 is 0. The number of aromatic hydroxyl groups is 1. The van der Waals surface area contributed by atoms with Gasteiger partial charge in [-0.05, 0) is 56.2 Å². The van der Waals surface area contributed by atoms with Crippen LogP contribution in [0.2, 0.25) is 0 Å². The summed E-state index contributed by atoms with van der Waals surface area (Å²) in [7, 11) is 0. The van der Waals surface area contributed by atoms with Gasteiger partial charge >= 0.3 is 12.2 Å². The molecule has 1 aliphatic rings. The lowest BCUT2D eigenvalue weighted by Gasteiger charge is -2.18. The first-order valence-corrected chi connectivity index (χ1v) is 12.0. The van der Waals surface area contributed by atoms with E-state index in [4.69, 9.17) is 5.73 Å². The van der Waals surface area contributed by atoms with Gasteiger partial charge in [0.05, 0.1) is 23.4 Å². The molecule has 1 atom stereocenters. The molecule has 38 heavy (non-hydrogen) atoms. The van der Waals surface area contributed by atoms with E-state index < -0.39 is 36.1 Å². The number of anilines is 2. The van der Waals surface area contributed by atoms with Gasteiger partial charge in [-0.1, -0.05) is 6.07 Å². The van der Waals surface area contributed by atoms with Crippen LogP contribution in [0, 0.1) is 0 Å². The second-order valence-electron chi connectivity index (χ2n) is 9.38. The smallest absolute Gasteiger partial charge is 0.416 e. The second-order valence-corrected chi connectivity index (χ2v) is 9.38. The highest BCUT2D eigenvalue weighted by molar-refractivity contribution is 6.00. The molecular weight excluding hydrogens is 505 g/mol. The normalized spacial score (nSPS) is 15.8. The highest BCUT2D eigenvalue weighted by Gasteiger charge is 2.31. The highest BCUT2D eigenvalue weighted by Crippen LogP contribution is 2.31. The van der Waals surface area contributed by atoms with Crippen molar-refractivity contribution in [1.29, 1.82) is 0 Å². The third-order valence-corrected chi connectivity index (χ3v) is 5.81. The molecule has 206 valence electrons. The molecule has 0 aliphatic carbocycles. The summed E-state index contributed by atoms with van der Waals surface area (Å²) < 4.78 is 38.8. The summed E-state index contributed by atoms with van der Waals surface area (Å²) in [4.78, 5) is 38.7. The number of nitrogens with two attached hydrogens (primary N) is 1. The Morgan fingerprint density at radius 3 is 2.58 bits per heavy atom. The quantitative estimate of drug-likeness (QED) is 0.226. The van der Waals surface area contributed by atoms with Crippen LogP contribution in [-0.4, -0.2) is 59.6 Å². The van der Waals surface area contributed by atoms with Gasteiger partial charge in [-0.25, -0.2) is 4.79 Å². The zero-order valence-corrected chi connectivity index (χ0v) is 21.0. The third kappa shape index (κ3) is 8.00. The summed E-state index contributed by atoms with van der Waals surface area (Å²) in [5, 5.41) is 20.5. The summed E-state index contributed by atoms with van der Waals surface area (Å²) in [5.41, 5.74) is 5.27. The number of carbonyl (C=O) groups excluding carboxylic acids is 3. The molecule has 1 unspecified atom stereocenters. The fourth-order valence-corrected chi connectivity index (χ4v) is 4.02. The van der Waals surface area contributed by atoms with Gasteiger partial charge < -0.3 is 32.1 Å². The van der Waals surface area contributed by atoms with Crippen LogP contribution in [0.15, 0.2) is 36.4 Å². The van der Waals surface area contributed by atoms with E-state index in [0.29, 0.717) is 32.1 Å². The number of hydrogen-bond acceptors (Lipinski definition) is 6. The maximum Gasteiger partial charge on any atom is 0.416 e. The van der Waals surface area contributed by atoms with E-state index in [1.165, 1.54) is 6.07 Å². The molecule has 0 radical (unpaired) electrons. The Kier molecular flexibility index (Phi) is 9.04. The topological polar surface area (TPSA) is 149 Å². The molecule has 1 aliphatic heterocycles. The zero-order valence-electron chi connectivity index (χ0n) is 21.0. The molecule has 1 saturated heterocycles. The van der Waals surface area contributed by atoms with Gasteiger partial charge in [-0.3, -0.25) is 14.5 Å². The molecule has 0 bridgehead atoms. The molecule has 2 aromatic rings. The highest BCUT2D eigenvalue weighted by atomic mass is 19.4. The molecule has 1 heterocycles. The summed E-state index contributed by atoms with van der Waals surface area (Å²) in [6.07, 6.45) is -3.98. The lowest BCUT2D eigenvalue weighted by atomic mass is 10.1. The van der Waals surface area contributed by atoms with E-state index in [1.54, 1.807) is 12.1 Å². The van der Waals surface area contributed by atoms with Crippen LogP contribution in [0.4, 0.5) is 29.3 Å². The Labute approximate surface area is 217 Å². The lowest BCUT2D eigenvalue weighted by Crippen LogP contribution is -2.43. The molecule has 4 amide bonds. The van der Waals surface area contributed by atoms with Gasteiger partial charge in [0.1, 0.15) is 5.75 Å². The van der Waals surface area contributed by atoms with Gasteiger partial charge in [0, 0.05) is 37.4 Å². The predicted octanol–water partition coefficient (Wildman–Crippen LogP) is 2.64. The van der Waals surface area contributed by atoms with Gasteiger partial charge in [0.2, 0.25) is 5.91 Å². The minimum absolute atomic E-state index is 0.0619. The van der Waals surface area contributed by atoms with Crippen LogP contribution in [0.3, 0.4) is 0 Å². The molecule has 7 N–H and O–H groups in total. The van der Waals surface area contributed by atoms with E-state index in [9.17, 15) is 32.7 Å². The number of rotatable bonds is 8. The number of hydrogen-bond donors (Lipinski definition) is 6. The number of halogens is 3. The summed E-state index contributed by atoms with van der Waals surface area (Å²) in [6, 6.07) is 6.65. The molecule has 0 spiro atoms. The number of nitrogens with zero attached hydrogens (tertiary/aromatic N) is 1. The Balaban J connectivity index is 1.49. The third-order valence-electron chi connectivity index (χ3n) is 5.81. The number of phenolic OH excluding ortho intramolecular Hbond substituents is 1. The van der Waals surface area contributed by atoms with Crippen molar-refractivity contribution in [1.82, 2.24) is 20.9 Å².